The van der Waals surface area contributed by atoms with Gasteiger partial charge in [-0.25, -0.2) is 0 Å². The van der Waals surface area contributed by atoms with Crippen LogP contribution >= 0.6 is 0 Å². The van der Waals surface area contributed by atoms with E-state index in [4.69, 9.17) is 43.0 Å². The summed E-state index contributed by atoms with van der Waals surface area (Å²) in [7, 11) is 0. The van der Waals surface area contributed by atoms with E-state index in [-0.39, 0.29) is 61.3 Å². The molecule has 19 atom stereocenters. The SMILES string of the molecule is C=C(C[C@@]12C[C@@H](C)C[C@@H](O1)[C@H]1O[C@]3(C[C@H]1O2)NC[C@H](C)C[C@@H]3C)[C@H]1O[C@@](O)([C@H](O)[C@@H]2C[C@H]3O[C@@]4(CC[C@]5(CC(C)=C[C@@H](/C=C/CCC(=O)O)O5)O4)[C@H](C)C[C@H]3O2)CC[C@@H]1C. The summed E-state index contributed by atoms with van der Waals surface area (Å²) in [6, 6.07) is 0. The maximum Gasteiger partial charge on any atom is 0.303 e. The van der Waals surface area contributed by atoms with Crippen molar-refractivity contribution >= 4 is 5.97 Å². The summed E-state index contributed by atoms with van der Waals surface area (Å²) < 4.78 is 54.2. The second kappa shape index (κ2) is 16.0. The summed E-state index contributed by atoms with van der Waals surface area (Å²) in [6.07, 6.45) is 10.5. The summed E-state index contributed by atoms with van der Waals surface area (Å²) in [6.45, 7) is 18.6. The minimum absolute atomic E-state index is 0.00991. The number of carboxylic acids is 1. The van der Waals surface area contributed by atoms with Crippen LogP contribution in [0.25, 0.3) is 0 Å². The Morgan fingerprint density at radius 1 is 0.917 bits per heavy atom. The number of hydrogen-bond donors (Lipinski definition) is 4. The van der Waals surface area contributed by atoms with Crippen LogP contribution < -0.4 is 5.32 Å². The molecule has 336 valence electrons. The van der Waals surface area contributed by atoms with Crippen LogP contribution in [0.4, 0.5) is 0 Å². The molecule has 9 heterocycles. The number of piperidine rings is 1. The number of aliphatic hydroxyl groups excluding tert-OH is 1. The molecule has 0 radical (unpaired) electrons. The second-order valence-electron chi connectivity index (χ2n) is 20.9. The van der Waals surface area contributed by atoms with Gasteiger partial charge in [0.15, 0.2) is 23.1 Å². The predicted octanol–water partition coefficient (Wildman–Crippen LogP) is 6.40. The van der Waals surface area contributed by atoms with Crippen molar-refractivity contribution < 1.29 is 58.0 Å². The average molecular weight is 842 g/mol. The zero-order valence-electron chi connectivity index (χ0n) is 36.6. The summed E-state index contributed by atoms with van der Waals surface area (Å²) in [5.74, 6) is -3.85. The molecule has 8 fully saturated rings. The fraction of sp³-hybridized carbons (Fsp3) is 0.851. The van der Waals surface area contributed by atoms with Gasteiger partial charge in [-0.2, -0.15) is 0 Å². The van der Waals surface area contributed by atoms with Crippen molar-refractivity contribution in [3.8, 4) is 0 Å². The Balaban J connectivity index is 0.835. The summed E-state index contributed by atoms with van der Waals surface area (Å²) in [4.78, 5) is 11.0. The smallest absolute Gasteiger partial charge is 0.303 e. The zero-order valence-corrected chi connectivity index (χ0v) is 36.6. The van der Waals surface area contributed by atoms with Crippen molar-refractivity contribution in [1.29, 1.82) is 0 Å². The number of ether oxygens (including phenoxy) is 8. The molecule has 9 rings (SSSR count). The van der Waals surface area contributed by atoms with Gasteiger partial charge in [0.1, 0.15) is 17.9 Å². The quantitative estimate of drug-likeness (QED) is 0.189. The molecule has 0 unspecified atom stereocenters. The van der Waals surface area contributed by atoms with Crippen LogP contribution in [0.15, 0.2) is 36.0 Å². The number of allylic oxidation sites excluding steroid dienone is 1. The summed E-state index contributed by atoms with van der Waals surface area (Å²) >= 11 is 0. The van der Waals surface area contributed by atoms with Gasteiger partial charge in [-0.05, 0) is 68.3 Å². The summed E-state index contributed by atoms with van der Waals surface area (Å²) in [5, 5.41) is 36.9. The Hall–Kier alpha value is -1.75. The number of nitrogens with one attached hydrogen (secondary N) is 1. The lowest BCUT2D eigenvalue weighted by atomic mass is 9.79. The molecule has 13 heteroatoms. The number of carbonyl (C=O) groups is 1. The van der Waals surface area contributed by atoms with Gasteiger partial charge in [0, 0.05) is 70.3 Å². The topological polar surface area (TPSA) is 164 Å². The molecule has 9 aliphatic heterocycles. The van der Waals surface area contributed by atoms with Gasteiger partial charge in [-0.1, -0.05) is 65.0 Å². The summed E-state index contributed by atoms with van der Waals surface area (Å²) in [5.41, 5.74) is 1.55. The number of carboxylic acid groups (broad SMARTS) is 1. The van der Waals surface area contributed by atoms with E-state index in [1.807, 2.05) is 12.2 Å². The van der Waals surface area contributed by atoms with Gasteiger partial charge in [-0.15, -0.1) is 0 Å². The third kappa shape index (κ3) is 8.03. The molecule has 0 aromatic heterocycles. The minimum atomic E-state index is -1.84. The van der Waals surface area contributed by atoms with Crippen molar-refractivity contribution in [1.82, 2.24) is 5.32 Å². The monoisotopic (exact) mass is 841 g/mol. The second-order valence-corrected chi connectivity index (χ2v) is 20.9. The molecule has 4 N–H and O–H groups in total. The van der Waals surface area contributed by atoms with Crippen LogP contribution in [0.5, 0.6) is 0 Å². The van der Waals surface area contributed by atoms with Crippen molar-refractivity contribution in [3.63, 3.8) is 0 Å². The molecule has 8 saturated heterocycles. The number of hydrogen-bond acceptors (Lipinski definition) is 12. The molecule has 0 aliphatic carbocycles. The highest BCUT2D eigenvalue weighted by Crippen LogP contribution is 2.56. The molecule has 0 aromatic carbocycles. The van der Waals surface area contributed by atoms with Crippen LogP contribution in [0.1, 0.15) is 131 Å². The Labute approximate surface area is 355 Å². The van der Waals surface area contributed by atoms with Crippen LogP contribution in [-0.2, 0) is 42.7 Å². The van der Waals surface area contributed by atoms with Gasteiger partial charge in [0.05, 0.1) is 42.7 Å². The largest absolute Gasteiger partial charge is 0.481 e. The minimum Gasteiger partial charge on any atom is -0.481 e. The van der Waals surface area contributed by atoms with Gasteiger partial charge in [0.25, 0.3) is 0 Å². The molecule has 0 aromatic rings. The van der Waals surface area contributed by atoms with E-state index in [1.54, 1.807) is 0 Å². The molecule has 0 amide bonds. The van der Waals surface area contributed by atoms with E-state index in [2.05, 4.69) is 59.5 Å². The lowest BCUT2D eigenvalue weighted by Gasteiger charge is -2.52. The third-order valence-electron chi connectivity index (χ3n) is 15.8. The Kier molecular flexibility index (Phi) is 11.6. The zero-order chi connectivity index (χ0) is 42.4. The number of rotatable bonds is 9. The standard InChI is InChI=1S/C47H71NO12/c1-26-17-33(10-8-9-11-39(49)50)54-43(21-26)14-15-47(60-43)32(7)19-34-35(57-47)20-37(53-34)42(51)46(52)13-12-29(4)40(59-46)30(5)23-44-22-27(2)18-36(55-44)41-38(56-44)24-45(58-41)31(6)16-28(3)25-48-45/h8,10,17,27-29,31-38,40-42,48,51-52H,5,9,11-16,18-25H2,1-4,6-7H3,(H,49,50)/b10-8+/t27-,28+,29-,31-,32+,33+,34+,35+,36+,37-,38+,40-,41+,42+,43+,44-,45-,46+,47+/m0/s1. The van der Waals surface area contributed by atoms with Gasteiger partial charge in [-0.3, -0.25) is 10.1 Å². The van der Waals surface area contributed by atoms with E-state index >= 15 is 0 Å². The first-order chi connectivity index (χ1) is 28.4. The van der Waals surface area contributed by atoms with Crippen LogP contribution in [0, 0.1) is 29.6 Å². The molecule has 13 nitrogen and oxygen atoms in total. The van der Waals surface area contributed by atoms with Crippen LogP contribution in [0.2, 0.25) is 0 Å². The van der Waals surface area contributed by atoms with Gasteiger partial charge < -0.3 is 53.2 Å². The Bertz CT molecular complexity index is 1710. The first-order valence-corrected chi connectivity index (χ1v) is 23.2. The highest BCUT2D eigenvalue weighted by molar-refractivity contribution is 5.66. The van der Waals surface area contributed by atoms with E-state index in [0.29, 0.717) is 69.1 Å². The lowest BCUT2D eigenvalue weighted by Crippen LogP contribution is -2.60. The van der Waals surface area contributed by atoms with Crippen molar-refractivity contribution in [3.05, 3.63) is 36.0 Å². The number of aliphatic hydroxyl groups is 2. The average Bonchev–Trinajstić information content (AvgIpc) is 3.86. The van der Waals surface area contributed by atoms with E-state index < -0.39 is 53.2 Å². The van der Waals surface area contributed by atoms with Crippen molar-refractivity contribution in [2.24, 2.45) is 29.6 Å². The van der Waals surface area contributed by atoms with Crippen LogP contribution in [0.3, 0.4) is 0 Å². The number of aliphatic carboxylic acids is 1. The molecular weight excluding hydrogens is 771 g/mol. The molecule has 2 bridgehead atoms. The van der Waals surface area contributed by atoms with Crippen LogP contribution in [-0.4, -0.2) is 112 Å². The van der Waals surface area contributed by atoms with Gasteiger partial charge in [0.2, 0.25) is 0 Å². The predicted molar refractivity (Wildman–Crippen MR) is 219 cm³/mol. The first-order valence-electron chi connectivity index (χ1n) is 23.2. The lowest BCUT2D eigenvalue weighted by molar-refractivity contribution is -0.366. The maximum atomic E-state index is 12.2. The Morgan fingerprint density at radius 2 is 1.72 bits per heavy atom. The molecule has 3 spiro atoms. The highest BCUT2D eigenvalue weighted by atomic mass is 16.8. The van der Waals surface area contributed by atoms with E-state index in [9.17, 15) is 15.0 Å². The fourth-order valence-electron chi connectivity index (χ4n) is 12.8. The van der Waals surface area contributed by atoms with Crippen molar-refractivity contribution in [2.75, 3.05) is 6.54 Å². The molecule has 0 saturated carbocycles. The van der Waals surface area contributed by atoms with Gasteiger partial charge >= 0.3 is 5.97 Å². The third-order valence-corrected chi connectivity index (χ3v) is 15.8. The number of fused-ring (bicyclic) bond motifs is 5. The van der Waals surface area contributed by atoms with E-state index in [0.717, 1.165) is 43.4 Å². The molecular formula is C47H71NO12. The fourth-order valence-corrected chi connectivity index (χ4v) is 12.8. The van der Waals surface area contributed by atoms with E-state index in [1.165, 1.54) is 0 Å². The molecule has 9 aliphatic rings. The molecule has 60 heavy (non-hydrogen) atoms. The Morgan fingerprint density at radius 3 is 2.50 bits per heavy atom. The van der Waals surface area contributed by atoms with Crippen molar-refractivity contribution in [2.45, 2.75) is 215 Å². The normalized spacial score (nSPS) is 51.8. The first kappa shape index (κ1) is 43.5. The highest BCUT2D eigenvalue weighted by Gasteiger charge is 2.64. The maximum absolute atomic E-state index is 12.2.